The molecule has 0 radical (unpaired) electrons. The number of urea groups is 1. The fraction of sp³-hybridized carbons (Fsp3) is 0.316. The van der Waals surface area contributed by atoms with Crippen LogP contribution in [0.4, 0.5) is 13.6 Å². The number of carbonyl (C=O) groups is 1. The van der Waals surface area contributed by atoms with E-state index in [1.807, 2.05) is 12.1 Å². The first-order valence-electron chi connectivity index (χ1n) is 8.28. The van der Waals surface area contributed by atoms with Gasteiger partial charge in [0.05, 0.1) is 14.2 Å². The number of alkyl halides is 2. The highest BCUT2D eigenvalue weighted by molar-refractivity contribution is 5.73. The fourth-order valence-corrected chi connectivity index (χ4v) is 2.46. The molecule has 0 saturated heterocycles. The minimum Gasteiger partial charge on any atom is -0.493 e. The van der Waals surface area contributed by atoms with Gasteiger partial charge >= 0.3 is 12.6 Å². The molecule has 2 rings (SSSR count). The molecule has 2 N–H and O–H groups in total. The average molecular weight is 380 g/mol. The minimum atomic E-state index is -2.92. The summed E-state index contributed by atoms with van der Waals surface area (Å²) in [5, 5.41) is 5.34. The van der Waals surface area contributed by atoms with Crippen molar-refractivity contribution in [3.8, 4) is 17.2 Å². The van der Waals surface area contributed by atoms with Crippen LogP contribution in [0.2, 0.25) is 0 Å². The molecule has 146 valence electrons. The molecule has 0 saturated carbocycles. The Bertz CT molecular complexity index is 756. The normalized spacial score (nSPS) is 10.4. The van der Waals surface area contributed by atoms with Crippen LogP contribution in [0, 0.1) is 0 Å². The van der Waals surface area contributed by atoms with Gasteiger partial charge in [-0.05, 0) is 30.2 Å². The van der Waals surface area contributed by atoms with Gasteiger partial charge in [-0.15, -0.1) is 0 Å². The highest BCUT2D eigenvalue weighted by Crippen LogP contribution is 2.27. The Kier molecular flexibility index (Phi) is 7.66. The number of hydrogen-bond donors (Lipinski definition) is 2. The van der Waals surface area contributed by atoms with E-state index in [1.165, 1.54) is 6.07 Å². The van der Waals surface area contributed by atoms with Gasteiger partial charge in [0.2, 0.25) is 0 Å². The predicted octanol–water partition coefficient (Wildman–Crippen LogP) is 3.35. The molecule has 0 heterocycles. The Hall–Kier alpha value is -3.03. The summed E-state index contributed by atoms with van der Waals surface area (Å²) in [6.45, 7) is -2.44. The van der Waals surface area contributed by atoms with Crippen molar-refractivity contribution in [1.82, 2.24) is 10.6 Å². The Morgan fingerprint density at radius 2 is 1.74 bits per heavy atom. The van der Waals surface area contributed by atoms with Crippen LogP contribution in [0.15, 0.2) is 42.5 Å². The Balaban J connectivity index is 1.80. The van der Waals surface area contributed by atoms with Gasteiger partial charge < -0.3 is 24.8 Å². The second kappa shape index (κ2) is 10.2. The van der Waals surface area contributed by atoms with Crippen LogP contribution in [0.5, 0.6) is 17.2 Å². The first-order valence-corrected chi connectivity index (χ1v) is 8.28. The largest absolute Gasteiger partial charge is 0.493 e. The fourth-order valence-electron chi connectivity index (χ4n) is 2.46. The van der Waals surface area contributed by atoms with Crippen molar-refractivity contribution in [3.63, 3.8) is 0 Å². The van der Waals surface area contributed by atoms with Crippen LogP contribution in [0.3, 0.4) is 0 Å². The summed E-state index contributed by atoms with van der Waals surface area (Å²) in [5.74, 6) is 1.30. The molecule has 2 aromatic rings. The minimum absolute atomic E-state index is 0.0399. The van der Waals surface area contributed by atoms with Gasteiger partial charge in [0.15, 0.2) is 11.5 Å². The summed E-state index contributed by atoms with van der Waals surface area (Å²) in [6.07, 6.45) is 0.596. The highest BCUT2D eigenvalue weighted by Gasteiger charge is 2.10. The summed E-state index contributed by atoms with van der Waals surface area (Å²) < 4.78 is 39.6. The van der Waals surface area contributed by atoms with Crippen molar-refractivity contribution >= 4 is 6.03 Å². The summed E-state index contributed by atoms with van der Waals surface area (Å²) in [5.41, 5.74) is 1.44. The van der Waals surface area contributed by atoms with Gasteiger partial charge in [0, 0.05) is 18.7 Å². The van der Waals surface area contributed by atoms with E-state index in [0.717, 1.165) is 5.56 Å². The number of halogens is 2. The van der Waals surface area contributed by atoms with Crippen LogP contribution < -0.4 is 24.8 Å². The molecule has 0 fully saturated rings. The van der Waals surface area contributed by atoms with Crippen molar-refractivity contribution in [1.29, 1.82) is 0 Å². The number of nitrogens with one attached hydrogen (secondary N) is 2. The molecule has 0 spiro atoms. The van der Waals surface area contributed by atoms with Gasteiger partial charge in [-0.1, -0.05) is 24.3 Å². The zero-order valence-electron chi connectivity index (χ0n) is 15.1. The van der Waals surface area contributed by atoms with Crippen molar-refractivity contribution in [2.24, 2.45) is 0 Å². The SMILES string of the molecule is COc1ccc(CCNC(=O)NCc2ccccc2OC(F)F)cc1OC. The molecule has 27 heavy (non-hydrogen) atoms. The molecule has 0 aliphatic heterocycles. The average Bonchev–Trinajstić information content (AvgIpc) is 2.66. The number of amides is 2. The summed E-state index contributed by atoms with van der Waals surface area (Å²) in [6, 6.07) is 11.4. The maximum atomic E-state index is 12.4. The molecular formula is C19H22F2N2O4. The quantitative estimate of drug-likeness (QED) is 0.700. The molecule has 6 nitrogen and oxygen atoms in total. The topological polar surface area (TPSA) is 68.8 Å². The van der Waals surface area contributed by atoms with Crippen LogP contribution in [-0.4, -0.2) is 33.4 Å². The lowest BCUT2D eigenvalue weighted by Gasteiger charge is -2.12. The highest BCUT2D eigenvalue weighted by atomic mass is 19.3. The third kappa shape index (κ3) is 6.32. The monoisotopic (exact) mass is 380 g/mol. The number of ether oxygens (including phenoxy) is 3. The molecule has 0 atom stereocenters. The third-order valence-corrected chi connectivity index (χ3v) is 3.78. The van der Waals surface area contributed by atoms with E-state index in [2.05, 4.69) is 15.4 Å². The van der Waals surface area contributed by atoms with Crippen LogP contribution in [0.25, 0.3) is 0 Å². The molecule has 0 bridgehead atoms. The number of benzene rings is 2. The molecule has 0 aliphatic rings. The first-order chi connectivity index (χ1) is 13.0. The molecule has 0 aliphatic carbocycles. The van der Waals surface area contributed by atoms with Gasteiger partial charge in [0.25, 0.3) is 0 Å². The van der Waals surface area contributed by atoms with Crippen LogP contribution in [-0.2, 0) is 13.0 Å². The van der Waals surface area contributed by atoms with Crippen molar-refractivity contribution in [2.75, 3.05) is 20.8 Å². The van der Waals surface area contributed by atoms with E-state index in [4.69, 9.17) is 9.47 Å². The van der Waals surface area contributed by atoms with Crippen LogP contribution >= 0.6 is 0 Å². The molecule has 0 unspecified atom stereocenters. The van der Waals surface area contributed by atoms with Gasteiger partial charge in [-0.25, -0.2) is 4.79 Å². The summed E-state index contributed by atoms with van der Waals surface area (Å²) in [4.78, 5) is 11.9. The molecular weight excluding hydrogens is 358 g/mol. The zero-order chi connectivity index (χ0) is 19.6. The second-order valence-electron chi connectivity index (χ2n) is 5.54. The third-order valence-electron chi connectivity index (χ3n) is 3.78. The van der Waals surface area contributed by atoms with E-state index in [0.29, 0.717) is 30.0 Å². The Labute approximate surface area is 156 Å². The summed E-state index contributed by atoms with van der Waals surface area (Å²) in [7, 11) is 3.12. The standard InChI is InChI=1S/C19H22F2N2O4/c1-25-16-8-7-13(11-17(16)26-2)9-10-22-19(24)23-12-14-5-3-4-6-15(14)27-18(20)21/h3-8,11,18H,9-10,12H2,1-2H3,(H2,22,23,24). The van der Waals surface area contributed by atoms with E-state index in [1.54, 1.807) is 38.5 Å². The van der Waals surface area contributed by atoms with Crippen molar-refractivity contribution < 1.29 is 27.8 Å². The number of methoxy groups -OCH3 is 2. The van der Waals surface area contributed by atoms with Gasteiger partial charge in [-0.2, -0.15) is 8.78 Å². The van der Waals surface area contributed by atoms with E-state index in [-0.39, 0.29) is 12.3 Å². The number of carbonyl (C=O) groups excluding carboxylic acids is 1. The van der Waals surface area contributed by atoms with Crippen LogP contribution in [0.1, 0.15) is 11.1 Å². The van der Waals surface area contributed by atoms with Gasteiger partial charge in [0.1, 0.15) is 5.75 Å². The maximum Gasteiger partial charge on any atom is 0.387 e. The number of hydrogen-bond acceptors (Lipinski definition) is 4. The smallest absolute Gasteiger partial charge is 0.387 e. The number of rotatable bonds is 9. The lowest BCUT2D eigenvalue weighted by molar-refractivity contribution is -0.0504. The lowest BCUT2D eigenvalue weighted by atomic mass is 10.1. The molecule has 2 aromatic carbocycles. The first kappa shape index (κ1) is 20.3. The number of para-hydroxylation sites is 1. The second-order valence-corrected chi connectivity index (χ2v) is 5.54. The van der Waals surface area contributed by atoms with Crippen molar-refractivity contribution in [3.05, 3.63) is 53.6 Å². The van der Waals surface area contributed by atoms with Gasteiger partial charge in [-0.3, -0.25) is 0 Å². The van der Waals surface area contributed by atoms with E-state index < -0.39 is 12.6 Å². The van der Waals surface area contributed by atoms with Crippen molar-refractivity contribution in [2.45, 2.75) is 19.6 Å². The molecule has 0 aromatic heterocycles. The molecule has 2 amide bonds. The Morgan fingerprint density at radius 1 is 1.00 bits per heavy atom. The zero-order valence-corrected chi connectivity index (χ0v) is 15.1. The summed E-state index contributed by atoms with van der Waals surface area (Å²) >= 11 is 0. The maximum absolute atomic E-state index is 12.4. The molecule has 8 heteroatoms. The van der Waals surface area contributed by atoms with E-state index in [9.17, 15) is 13.6 Å². The predicted molar refractivity (Wildman–Crippen MR) is 96.6 cm³/mol. The Morgan fingerprint density at radius 3 is 2.44 bits per heavy atom. The lowest BCUT2D eigenvalue weighted by Crippen LogP contribution is -2.36. The van der Waals surface area contributed by atoms with E-state index >= 15 is 0 Å².